The van der Waals surface area contributed by atoms with Gasteiger partial charge in [-0.1, -0.05) is 0 Å². The molecule has 2 unspecified atom stereocenters. The summed E-state index contributed by atoms with van der Waals surface area (Å²) in [6.07, 6.45) is 5.25. The predicted molar refractivity (Wildman–Crippen MR) is 39.3 cm³/mol. The standard InChI is InChI=1S/C7H9N3/c1-6(5-8)7-9-3-2-4-10-7/h2-4,6-7,9H,1H3. The third-order valence-electron chi connectivity index (χ3n) is 1.37. The molecule has 0 amide bonds. The lowest BCUT2D eigenvalue weighted by atomic mass is 10.1. The smallest absolute Gasteiger partial charge is 0.133 e. The molecule has 10 heavy (non-hydrogen) atoms. The Labute approximate surface area is 60.1 Å². The zero-order valence-electron chi connectivity index (χ0n) is 5.78. The van der Waals surface area contributed by atoms with E-state index in [1.807, 2.05) is 6.92 Å². The number of nitrogens with one attached hydrogen (secondary N) is 1. The third kappa shape index (κ3) is 1.35. The molecule has 0 aliphatic carbocycles. The first-order chi connectivity index (χ1) is 4.84. The minimum absolute atomic E-state index is 0.0602. The minimum Gasteiger partial charge on any atom is -0.369 e. The Morgan fingerprint density at radius 1 is 1.80 bits per heavy atom. The molecule has 3 nitrogen and oxygen atoms in total. The van der Waals surface area contributed by atoms with Crippen molar-refractivity contribution in [3.63, 3.8) is 0 Å². The molecule has 1 heterocycles. The van der Waals surface area contributed by atoms with Gasteiger partial charge in [0.1, 0.15) is 6.17 Å². The van der Waals surface area contributed by atoms with Gasteiger partial charge < -0.3 is 5.32 Å². The molecule has 52 valence electrons. The van der Waals surface area contributed by atoms with Crippen molar-refractivity contribution in [1.29, 1.82) is 5.26 Å². The van der Waals surface area contributed by atoms with E-state index in [4.69, 9.17) is 5.26 Å². The highest BCUT2D eigenvalue weighted by Gasteiger charge is 2.13. The fourth-order valence-electron chi connectivity index (χ4n) is 0.727. The van der Waals surface area contributed by atoms with Gasteiger partial charge in [-0.25, -0.2) is 0 Å². The molecule has 0 saturated carbocycles. The van der Waals surface area contributed by atoms with Gasteiger partial charge in [-0.05, 0) is 19.2 Å². The van der Waals surface area contributed by atoms with Gasteiger partial charge in [-0.2, -0.15) is 5.26 Å². The maximum Gasteiger partial charge on any atom is 0.133 e. The second kappa shape index (κ2) is 3.02. The summed E-state index contributed by atoms with van der Waals surface area (Å²) < 4.78 is 0. The van der Waals surface area contributed by atoms with Crippen LogP contribution in [0.3, 0.4) is 0 Å². The lowest BCUT2D eigenvalue weighted by Gasteiger charge is -2.16. The van der Waals surface area contributed by atoms with Crippen LogP contribution in [0.25, 0.3) is 0 Å². The van der Waals surface area contributed by atoms with Gasteiger partial charge in [-0.3, -0.25) is 4.99 Å². The molecular formula is C7H9N3. The van der Waals surface area contributed by atoms with Crippen molar-refractivity contribution in [2.75, 3.05) is 0 Å². The van der Waals surface area contributed by atoms with E-state index in [0.717, 1.165) is 0 Å². The van der Waals surface area contributed by atoms with E-state index < -0.39 is 0 Å². The first kappa shape index (κ1) is 6.81. The maximum absolute atomic E-state index is 8.50. The number of allylic oxidation sites excluding steroid dienone is 1. The van der Waals surface area contributed by atoms with E-state index in [0.29, 0.717) is 0 Å². The normalized spacial score (nSPS) is 25.0. The van der Waals surface area contributed by atoms with Crippen molar-refractivity contribution in [2.24, 2.45) is 10.9 Å². The molecule has 3 heteroatoms. The molecule has 0 bridgehead atoms. The third-order valence-corrected chi connectivity index (χ3v) is 1.37. The highest BCUT2D eigenvalue weighted by Crippen LogP contribution is 2.03. The lowest BCUT2D eigenvalue weighted by Crippen LogP contribution is -2.30. The fourth-order valence-corrected chi connectivity index (χ4v) is 0.727. The van der Waals surface area contributed by atoms with E-state index >= 15 is 0 Å². The van der Waals surface area contributed by atoms with E-state index in [1.165, 1.54) is 0 Å². The largest absolute Gasteiger partial charge is 0.369 e. The first-order valence-corrected chi connectivity index (χ1v) is 3.18. The highest BCUT2D eigenvalue weighted by atomic mass is 15.1. The minimum atomic E-state index is -0.0683. The van der Waals surface area contributed by atoms with Crippen LogP contribution in [0.15, 0.2) is 17.3 Å². The van der Waals surface area contributed by atoms with E-state index in [2.05, 4.69) is 16.4 Å². The molecule has 0 aromatic carbocycles. The lowest BCUT2D eigenvalue weighted by molar-refractivity contribution is 0.504. The monoisotopic (exact) mass is 135 g/mol. The van der Waals surface area contributed by atoms with Crippen LogP contribution in [0.5, 0.6) is 0 Å². The van der Waals surface area contributed by atoms with Crippen LogP contribution in [0, 0.1) is 17.2 Å². The van der Waals surface area contributed by atoms with Crippen molar-refractivity contribution < 1.29 is 0 Å². The number of hydrogen-bond acceptors (Lipinski definition) is 3. The average molecular weight is 135 g/mol. The molecule has 0 fully saturated rings. The molecule has 0 spiro atoms. The zero-order chi connectivity index (χ0) is 7.40. The summed E-state index contributed by atoms with van der Waals surface area (Å²) in [5, 5.41) is 11.5. The molecule has 2 atom stereocenters. The Morgan fingerprint density at radius 2 is 2.60 bits per heavy atom. The summed E-state index contributed by atoms with van der Waals surface area (Å²) >= 11 is 0. The summed E-state index contributed by atoms with van der Waals surface area (Å²) in [7, 11) is 0. The van der Waals surface area contributed by atoms with Gasteiger partial charge in [0.2, 0.25) is 0 Å². The quantitative estimate of drug-likeness (QED) is 0.574. The number of rotatable bonds is 1. The summed E-state index contributed by atoms with van der Waals surface area (Å²) in [6, 6.07) is 2.12. The van der Waals surface area contributed by atoms with Crippen LogP contribution in [0.4, 0.5) is 0 Å². The Balaban J connectivity index is 2.52. The van der Waals surface area contributed by atoms with Gasteiger partial charge in [0.15, 0.2) is 0 Å². The molecule has 0 radical (unpaired) electrons. The van der Waals surface area contributed by atoms with Crippen LogP contribution in [0.1, 0.15) is 6.92 Å². The Kier molecular flexibility index (Phi) is 2.06. The number of hydrogen-bond donors (Lipinski definition) is 1. The predicted octanol–water partition coefficient (Wildman–Crippen LogP) is 0.660. The van der Waals surface area contributed by atoms with Crippen LogP contribution in [-0.4, -0.2) is 12.4 Å². The Morgan fingerprint density at radius 3 is 3.10 bits per heavy atom. The van der Waals surface area contributed by atoms with Crippen LogP contribution in [0.2, 0.25) is 0 Å². The van der Waals surface area contributed by atoms with Crippen LogP contribution >= 0.6 is 0 Å². The Hall–Kier alpha value is -1.30. The summed E-state index contributed by atoms with van der Waals surface area (Å²) in [5.41, 5.74) is 0. The van der Waals surface area contributed by atoms with Crippen molar-refractivity contribution >= 4 is 6.21 Å². The van der Waals surface area contributed by atoms with Gasteiger partial charge >= 0.3 is 0 Å². The van der Waals surface area contributed by atoms with Crippen molar-refractivity contribution in [3.8, 4) is 6.07 Å². The average Bonchev–Trinajstić information content (AvgIpc) is 2.05. The molecule has 0 saturated heterocycles. The molecule has 0 aromatic heterocycles. The fraction of sp³-hybridized carbons (Fsp3) is 0.429. The summed E-state index contributed by atoms with van der Waals surface area (Å²) in [5.74, 6) is -0.0683. The molecule has 1 aliphatic heterocycles. The zero-order valence-corrected chi connectivity index (χ0v) is 5.78. The van der Waals surface area contributed by atoms with E-state index in [1.54, 1.807) is 18.5 Å². The van der Waals surface area contributed by atoms with Gasteiger partial charge in [0.25, 0.3) is 0 Å². The Bertz CT molecular complexity index is 199. The van der Waals surface area contributed by atoms with Crippen LogP contribution in [-0.2, 0) is 0 Å². The van der Waals surface area contributed by atoms with Gasteiger partial charge in [-0.15, -0.1) is 0 Å². The second-order valence-corrected chi connectivity index (χ2v) is 2.19. The molecule has 1 aliphatic rings. The summed E-state index contributed by atoms with van der Waals surface area (Å²) in [4.78, 5) is 4.05. The second-order valence-electron chi connectivity index (χ2n) is 2.19. The summed E-state index contributed by atoms with van der Waals surface area (Å²) in [6.45, 7) is 1.84. The highest BCUT2D eigenvalue weighted by molar-refractivity contribution is 5.71. The van der Waals surface area contributed by atoms with Crippen molar-refractivity contribution in [1.82, 2.24) is 5.32 Å². The number of nitrogens with zero attached hydrogens (tertiary/aromatic N) is 2. The van der Waals surface area contributed by atoms with Gasteiger partial charge in [0.05, 0.1) is 12.0 Å². The van der Waals surface area contributed by atoms with Gasteiger partial charge in [0, 0.05) is 6.21 Å². The molecular weight excluding hydrogens is 126 g/mol. The van der Waals surface area contributed by atoms with Crippen molar-refractivity contribution in [2.45, 2.75) is 13.1 Å². The molecule has 1 N–H and O–H groups in total. The van der Waals surface area contributed by atoms with E-state index in [9.17, 15) is 0 Å². The SMILES string of the molecule is CC(C#N)C1N=CC=CN1. The maximum atomic E-state index is 8.50. The van der Waals surface area contributed by atoms with E-state index in [-0.39, 0.29) is 12.1 Å². The first-order valence-electron chi connectivity index (χ1n) is 3.18. The number of nitriles is 1. The van der Waals surface area contributed by atoms with Crippen molar-refractivity contribution in [3.05, 3.63) is 12.3 Å². The molecule has 0 aromatic rings. The molecule has 1 rings (SSSR count). The topological polar surface area (TPSA) is 48.2 Å². The number of aliphatic imine (C=N–C) groups is 1. The van der Waals surface area contributed by atoms with Crippen LogP contribution < -0.4 is 5.32 Å².